The molecule has 2 rings (SSSR count). The zero-order chi connectivity index (χ0) is 26.3. The lowest BCUT2D eigenvalue weighted by Crippen LogP contribution is -2.66. The van der Waals surface area contributed by atoms with E-state index in [1.54, 1.807) is 0 Å². The molecule has 2 heterocycles. The van der Waals surface area contributed by atoms with E-state index in [0.717, 1.165) is 31.0 Å². The Morgan fingerprint density at radius 3 is 2.40 bits per heavy atom. The van der Waals surface area contributed by atoms with Gasteiger partial charge in [-0.1, -0.05) is 19.8 Å². The van der Waals surface area contributed by atoms with Gasteiger partial charge < -0.3 is 46.2 Å². The van der Waals surface area contributed by atoms with E-state index in [1.807, 2.05) is 0 Å². The van der Waals surface area contributed by atoms with Gasteiger partial charge in [-0.2, -0.15) is 0 Å². The molecule has 4 unspecified atom stereocenters. The van der Waals surface area contributed by atoms with Crippen molar-refractivity contribution < 1.29 is 44.7 Å². The molecule has 0 aromatic carbocycles. The number of piperidine rings is 1. The van der Waals surface area contributed by atoms with Gasteiger partial charge in [-0.25, -0.2) is 4.79 Å². The lowest BCUT2D eigenvalue weighted by molar-refractivity contribution is -0.211. The first kappa shape index (κ1) is 29.7. The fourth-order valence-corrected chi connectivity index (χ4v) is 5.70. The molecule has 2 aliphatic heterocycles. The van der Waals surface area contributed by atoms with E-state index in [2.05, 4.69) is 22.9 Å². The second-order valence-electron chi connectivity index (χ2n) is 9.33. The molecule has 202 valence electrons. The molecule has 0 aromatic rings. The van der Waals surface area contributed by atoms with Crippen LogP contribution < -0.4 is 16.0 Å². The van der Waals surface area contributed by atoms with Gasteiger partial charge in [-0.3, -0.25) is 9.59 Å². The number of carbonyl (C=O) groups excluding carboxylic acids is 2. The van der Waals surface area contributed by atoms with Crippen molar-refractivity contribution in [2.24, 2.45) is 5.92 Å². The van der Waals surface area contributed by atoms with E-state index in [-0.39, 0.29) is 11.7 Å². The van der Waals surface area contributed by atoms with Crippen molar-refractivity contribution in [2.45, 2.75) is 101 Å². The van der Waals surface area contributed by atoms with Gasteiger partial charge in [0.15, 0.2) is 0 Å². The third kappa shape index (κ3) is 8.27. The summed E-state index contributed by atoms with van der Waals surface area (Å²) in [5, 5.41) is 59.3. The summed E-state index contributed by atoms with van der Waals surface area (Å²) in [6.45, 7) is 5.36. The van der Waals surface area contributed by atoms with E-state index in [9.17, 15) is 39.9 Å². The number of aliphatic hydroxyl groups is 4. The van der Waals surface area contributed by atoms with E-state index in [0.29, 0.717) is 18.9 Å². The summed E-state index contributed by atoms with van der Waals surface area (Å²) < 4.78 is 5.79. The first-order valence-corrected chi connectivity index (χ1v) is 13.0. The monoisotopic (exact) mass is 521 g/mol. The Kier molecular flexibility index (Phi) is 11.7. The minimum absolute atomic E-state index is 0.192. The number of hydrogen-bond acceptors (Lipinski definition) is 10. The number of aliphatic hydroxyl groups excluding tert-OH is 4. The van der Waals surface area contributed by atoms with Gasteiger partial charge in [0.05, 0.1) is 18.2 Å². The predicted molar refractivity (Wildman–Crippen MR) is 127 cm³/mol. The van der Waals surface area contributed by atoms with Crippen LogP contribution in [0, 0.1) is 5.92 Å². The molecule has 2 fully saturated rings. The molecule has 35 heavy (non-hydrogen) atoms. The van der Waals surface area contributed by atoms with Crippen molar-refractivity contribution in [3.05, 3.63) is 0 Å². The Labute approximate surface area is 209 Å². The zero-order valence-electron chi connectivity index (χ0n) is 20.3. The topological polar surface area (TPSA) is 198 Å². The highest BCUT2D eigenvalue weighted by Gasteiger charge is 2.48. The van der Waals surface area contributed by atoms with Crippen LogP contribution in [0.1, 0.15) is 46.5 Å². The van der Waals surface area contributed by atoms with Crippen molar-refractivity contribution in [3.63, 3.8) is 0 Å². The molecule has 12 nitrogen and oxygen atoms in total. The van der Waals surface area contributed by atoms with Crippen LogP contribution in [0.5, 0.6) is 0 Å². The number of carboxylic acid groups (broad SMARTS) is 1. The fraction of sp³-hybridized carbons (Fsp3) is 0.864. The molecule has 0 saturated carbocycles. The summed E-state index contributed by atoms with van der Waals surface area (Å²) in [7, 11) is 0. The molecule has 0 radical (unpaired) electrons. The molecule has 8 N–H and O–H groups in total. The Morgan fingerprint density at radius 1 is 1.14 bits per heavy atom. The minimum atomic E-state index is -1.67. The molecular weight excluding hydrogens is 482 g/mol. The number of aliphatic carboxylic acids is 1. The van der Waals surface area contributed by atoms with E-state index in [4.69, 9.17) is 4.74 Å². The van der Waals surface area contributed by atoms with Crippen LogP contribution in [0.15, 0.2) is 0 Å². The highest BCUT2D eigenvalue weighted by atomic mass is 32.2. The molecule has 0 spiro atoms. The number of hydrogen-bond donors (Lipinski definition) is 8. The number of rotatable bonds is 11. The molecule has 2 amide bonds. The predicted octanol–water partition coefficient (Wildman–Crippen LogP) is -1.85. The van der Waals surface area contributed by atoms with Gasteiger partial charge in [-0.05, 0) is 32.2 Å². The number of thioether (sulfide) groups is 1. The Bertz CT molecular complexity index is 726. The zero-order valence-corrected chi connectivity index (χ0v) is 21.1. The number of carboxylic acids is 1. The molecule has 2 saturated heterocycles. The molecule has 0 bridgehead atoms. The average Bonchev–Trinajstić information content (AvgIpc) is 2.79. The second-order valence-corrected chi connectivity index (χ2v) is 10.5. The van der Waals surface area contributed by atoms with Crippen molar-refractivity contribution in [1.82, 2.24) is 16.0 Å². The van der Waals surface area contributed by atoms with Crippen molar-refractivity contribution in [3.8, 4) is 0 Å². The fourth-order valence-electron chi connectivity index (χ4n) is 4.53. The summed E-state index contributed by atoms with van der Waals surface area (Å²) in [6, 6.07) is -2.85. The maximum absolute atomic E-state index is 13.0. The number of ether oxygens (including phenoxy) is 1. The number of nitrogens with one attached hydrogen (secondary N) is 3. The number of amides is 2. The van der Waals surface area contributed by atoms with Crippen molar-refractivity contribution in [2.75, 3.05) is 12.3 Å². The standard InChI is InChI=1S/C22H39N3O9S/c1-4-5-12-6-7-23-13(8-12)20(31)25-15(10(2)26)19-17(29)16(28)18(30)22(34-19)35-9-14(21(32)33)24-11(3)27/h10,12-19,22-23,26,28-30H,4-9H2,1-3H3,(H,24,27)(H,25,31)(H,32,33)/t10-,12?,13+,14+,15-,16?,17-,18?,19?,22-/m1/s1. The normalized spacial score (nSPS) is 33.9. The van der Waals surface area contributed by atoms with Crippen LogP contribution in [0.2, 0.25) is 0 Å². The van der Waals surface area contributed by atoms with Crippen LogP contribution in [0.3, 0.4) is 0 Å². The maximum atomic E-state index is 13.0. The van der Waals surface area contributed by atoms with Crippen molar-refractivity contribution in [1.29, 1.82) is 0 Å². The minimum Gasteiger partial charge on any atom is -0.480 e. The van der Waals surface area contributed by atoms with Gasteiger partial charge in [0.1, 0.15) is 35.9 Å². The van der Waals surface area contributed by atoms with E-state index >= 15 is 0 Å². The molecule has 13 heteroatoms. The summed E-state index contributed by atoms with van der Waals surface area (Å²) in [6.07, 6.45) is -3.69. The molecule has 2 aliphatic rings. The van der Waals surface area contributed by atoms with Gasteiger partial charge >= 0.3 is 5.97 Å². The third-order valence-corrected chi connectivity index (χ3v) is 7.66. The summed E-state index contributed by atoms with van der Waals surface area (Å²) in [4.78, 5) is 35.6. The van der Waals surface area contributed by atoms with Crippen molar-refractivity contribution >= 4 is 29.5 Å². The van der Waals surface area contributed by atoms with Crippen LogP contribution in [-0.2, 0) is 19.1 Å². The van der Waals surface area contributed by atoms with E-state index in [1.165, 1.54) is 13.8 Å². The SMILES string of the molecule is CCCC1CCN[C@H](C(=O)N[C@@H](C2O[C@H](SC[C@H](NC(C)=O)C(=O)O)C(O)C(O)[C@H]2O)[C@@H](C)O)C1. The average molecular weight is 522 g/mol. The van der Waals surface area contributed by atoms with Crippen LogP contribution >= 0.6 is 11.8 Å². The van der Waals surface area contributed by atoms with Crippen LogP contribution in [0.25, 0.3) is 0 Å². The molecule has 0 aliphatic carbocycles. The maximum Gasteiger partial charge on any atom is 0.327 e. The van der Waals surface area contributed by atoms with Gasteiger partial charge in [-0.15, -0.1) is 11.8 Å². The molecule has 10 atom stereocenters. The Morgan fingerprint density at radius 2 is 1.83 bits per heavy atom. The summed E-state index contributed by atoms with van der Waals surface area (Å²) >= 11 is 0.830. The lowest BCUT2D eigenvalue weighted by Gasteiger charge is -2.44. The third-order valence-electron chi connectivity index (χ3n) is 6.42. The number of carbonyl (C=O) groups is 3. The highest BCUT2D eigenvalue weighted by molar-refractivity contribution is 7.99. The lowest BCUT2D eigenvalue weighted by atomic mass is 9.88. The first-order chi connectivity index (χ1) is 16.5. The smallest absolute Gasteiger partial charge is 0.327 e. The Balaban J connectivity index is 2.11. The Hall–Kier alpha value is -1.48. The summed E-state index contributed by atoms with van der Waals surface area (Å²) in [5.41, 5.74) is -1.19. The quantitative estimate of drug-likeness (QED) is 0.152. The molecule has 0 aromatic heterocycles. The summed E-state index contributed by atoms with van der Waals surface area (Å²) in [5.74, 6) is -1.99. The van der Waals surface area contributed by atoms with E-state index < -0.39 is 66.0 Å². The second kappa shape index (κ2) is 13.7. The molecular formula is C22H39N3O9S. The van der Waals surface area contributed by atoms with Crippen LogP contribution in [0.4, 0.5) is 0 Å². The van der Waals surface area contributed by atoms with Gasteiger partial charge in [0.25, 0.3) is 0 Å². The van der Waals surface area contributed by atoms with Crippen LogP contribution in [-0.4, -0.2) is 110 Å². The van der Waals surface area contributed by atoms with Gasteiger partial charge in [0.2, 0.25) is 11.8 Å². The largest absolute Gasteiger partial charge is 0.480 e. The highest BCUT2D eigenvalue weighted by Crippen LogP contribution is 2.31. The van der Waals surface area contributed by atoms with Gasteiger partial charge in [0, 0.05) is 12.7 Å². The first-order valence-electron chi connectivity index (χ1n) is 12.0.